The maximum Gasteiger partial charge on any atom is 0.309 e. The second-order valence-electron chi connectivity index (χ2n) is 9.05. The van der Waals surface area contributed by atoms with Gasteiger partial charge in [-0.1, -0.05) is 19.3 Å². The van der Waals surface area contributed by atoms with Crippen LogP contribution >= 0.6 is 0 Å². The van der Waals surface area contributed by atoms with Crippen LogP contribution in [0, 0.1) is 10.8 Å². The molecule has 0 radical (unpaired) electrons. The van der Waals surface area contributed by atoms with Crippen molar-refractivity contribution in [2.75, 3.05) is 0 Å². The van der Waals surface area contributed by atoms with Crippen LogP contribution in [0.5, 0.6) is 11.5 Å². The number of carbonyl (C=O) groups is 2. The Morgan fingerprint density at radius 3 is 1.55 bits per heavy atom. The number of rotatable bonds is 13. The van der Waals surface area contributed by atoms with Crippen LogP contribution in [-0.4, -0.2) is 32.4 Å². The van der Waals surface area contributed by atoms with E-state index >= 15 is 0 Å². The highest BCUT2D eigenvalue weighted by atomic mass is 16.4. The zero-order chi connectivity index (χ0) is 21.1. The molecular weight excluding hydrogens is 372 g/mol. The quantitative estimate of drug-likeness (QED) is 0.281. The van der Waals surface area contributed by atoms with Gasteiger partial charge in [0.2, 0.25) is 0 Å². The first-order chi connectivity index (χ1) is 13.8. The van der Waals surface area contributed by atoms with E-state index < -0.39 is 22.8 Å². The highest BCUT2D eigenvalue weighted by Crippen LogP contribution is 2.51. The summed E-state index contributed by atoms with van der Waals surface area (Å²) in [7, 11) is 0. The Morgan fingerprint density at radius 1 is 0.724 bits per heavy atom. The van der Waals surface area contributed by atoms with Crippen LogP contribution in [0.15, 0.2) is 12.1 Å². The number of benzene rings is 1. The first kappa shape index (κ1) is 21.5. The Kier molecular flexibility index (Phi) is 6.39. The SMILES string of the molecule is O=C(O)C1(CCCCCc2cc(O)cc(CCCCC3(C(=O)O)CC3)c2O)CC1. The lowest BCUT2D eigenvalue weighted by atomic mass is 9.94. The number of carboxylic acids is 2. The summed E-state index contributed by atoms with van der Waals surface area (Å²) < 4.78 is 0. The number of phenolic OH excluding ortho intramolecular Hbond substituents is 2. The molecule has 0 bridgehead atoms. The smallest absolute Gasteiger partial charge is 0.309 e. The lowest BCUT2D eigenvalue weighted by Crippen LogP contribution is -2.14. The second-order valence-corrected chi connectivity index (χ2v) is 9.05. The highest BCUT2D eigenvalue weighted by Gasteiger charge is 2.49. The predicted octanol–water partition coefficient (Wildman–Crippen LogP) is 4.64. The number of aromatic hydroxyl groups is 2. The van der Waals surface area contributed by atoms with Crippen LogP contribution in [0.1, 0.15) is 81.8 Å². The van der Waals surface area contributed by atoms with Crippen LogP contribution in [-0.2, 0) is 22.4 Å². The molecule has 0 unspecified atom stereocenters. The van der Waals surface area contributed by atoms with E-state index in [1.165, 1.54) is 0 Å². The van der Waals surface area contributed by atoms with Gasteiger partial charge in [-0.25, -0.2) is 0 Å². The normalized spacial score (nSPS) is 18.3. The van der Waals surface area contributed by atoms with Crippen molar-refractivity contribution in [3.8, 4) is 11.5 Å². The van der Waals surface area contributed by atoms with Gasteiger partial charge in [0.25, 0.3) is 0 Å². The van der Waals surface area contributed by atoms with E-state index in [0.717, 1.165) is 69.8 Å². The number of unbranched alkanes of at least 4 members (excludes halogenated alkanes) is 3. The molecule has 0 atom stereocenters. The fourth-order valence-corrected chi connectivity index (χ4v) is 4.30. The van der Waals surface area contributed by atoms with Crippen molar-refractivity contribution < 1.29 is 30.0 Å². The van der Waals surface area contributed by atoms with E-state index in [9.17, 15) is 30.0 Å². The molecule has 0 aliphatic heterocycles. The fourth-order valence-electron chi connectivity index (χ4n) is 4.30. The maximum atomic E-state index is 11.2. The third-order valence-corrected chi connectivity index (χ3v) is 6.82. The summed E-state index contributed by atoms with van der Waals surface area (Å²) in [6, 6.07) is 3.19. The molecule has 0 aromatic heterocycles. The van der Waals surface area contributed by atoms with Gasteiger partial charge >= 0.3 is 11.9 Å². The lowest BCUT2D eigenvalue weighted by molar-refractivity contribution is -0.144. The highest BCUT2D eigenvalue weighted by molar-refractivity contribution is 5.78. The van der Waals surface area contributed by atoms with Gasteiger partial charge in [0.1, 0.15) is 11.5 Å². The summed E-state index contributed by atoms with van der Waals surface area (Å²) in [5, 5.41) is 39.0. The summed E-state index contributed by atoms with van der Waals surface area (Å²) in [6.45, 7) is 0. The molecule has 2 aliphatic rings. The largest absolute Gasteiger partial charge is 0.508 e. The lowest BCUT2D eigenvalue weighted by Gasteiger charge is -2.13. The van der Waals surface area contributed by atoms with Crippen molar-refractivity contribution in [2.45, 2.75) is 83.5 Å². The van der Waals surface area contributed by atoms with Gasteiger partial charge in [0.15, 0.2) is 0 Å². The molecule has 6 nitrogen and oxygen atoms in total. The summed E-state index contributed by atoms with van der Waals surface area (Å²) in [5.41, 5.74) is 0.456. The van der Waals surface area contributed by atoms with Gasteiger partial charge in [0.05, 0.1) is 10.8 Å². The molecule has 160 valence electrons. The van der Waals surface area contributed by atoms with E-state index in [-0.39, 0.29) is 11.5 Å². The van der Waals surface area contributed by atoms with Gasteiger partial charge in [-0.3, -0.25) is 9.59 Å². The third-order valence-electron chi connectivity index (χ3n) is 6.82. The van der Waals surface area contributed by atoms with Gasteiger partial charge in [0, 0.05) is 0 Å². The van der Waals surface area contributed by atoms with E-state index in [0.29, 0.717) is 24.8 Å². The van der Waals surface area contributed by atoms with Gasteiger partial charge < -0.3 is 20.4 Å². The zero-order valence-corrected chi connectivity index (χ0v) is 17.0. The van der Waals surface area contributed by atoms with Crippen LogP contribution in [0.4, 0.5) is 0 Å². The Bertz CT molecular complexity index is 761. The van der Waals surface area contributed by atoms with Crippen molar-refractivity contribution in [1.82, 2.24) is 0 Å². The minimum atomic E-state index is -0.698. The monoisotopic (exact) mass is 404 g/mol. The van der Waals surface area contributed by atoms with Crippen molar-refractivity contribution in [3.05, 3.63) is 23.3 Å². The number of aliphatic carboxylic acids is 2. The molecule has 29 heavy (non-hydrogen) atoms. The summed E-state index contributed by atoms with van der Waals surface area (Å²) in [4.78, 5) is 22.4. The molecule has 3 rings (SSSR count). The van der Waals surface area contributed by atoms with Gasteiger partial charge in [-0.2, -0.15) is 0 Å². The zero-order valence-electron chi connectivity index (χ0n) is 17.0. The Morgan fingerprint density at radius 2 is 1.14 bits per heavy atom. The molecule has 2 saturated carbocycles. The van der Waals surface area contributed by atoms with Crippen molar-refractivity contribution in [2.24, 2.45) is 10.8 Å². The molecule has 4 N–H and O–H groups in total. The molecule has 1 aromatic rings. The molecule has 0 heterocycles. The topological polar surface area (TPSA) is 115 Å². The van der Waals surface area contributed by atoms with E-state index in [2.05, 4.69) is 0 Å². The van der Waals surface area contributed by atoms with Crippen molar-refractivity contribution in [1.29, 1.82) is 0 Å². The molecule has 0 amide bonds. The minimum Gasteiger partial charge on any atom is -0.508 e. The van der Waals surface area contributed by atoms with E-state index in [1.54, 1.807) is 12.1 Å². The Balaban J connectivity index is 1.43. The maximum absolute atomic E-state index is 11.2. The van der Waals surface area contributed by atoms with Crippen molar-refractivity contribution in [3.63, 3.8) is 0 Å². The van der Waals surface area contributed by atoms with Crippen LogP contribution < -0.4 is 0 Å². The number of phenols is 2. The van der Waals surface area contributed by atoms with Crippen molar-refractivity contribution >= 4 is 11.9 Å². The minimum absolute atomic E-state index is 0.139. The third kappa shape index (κ3) is 5.22. The summed E-state index contributed by atoms with van der Waals surface area (Å²) in [5.74, 6) is -1.01. The van der Waals surface area contributed by atoms with Gasteiger partial charge in [-0.15, -0.1) is 0 Å². The van der Waals surface area contributed by atoms with E-state index in [1.807, 2.05) is 0 Å². The molecule has 0 saturated heterocycles. The average molecular weight is 405 g/mol. The molecule has 0 spiro atoms. The molecular formula is C23H32O6. The first-order valence-corrected chi connectivity index (χ1v) is 10.8. The predicted molar refractivity (Wildman–Crippen MR) is 108 cm³/mol. The second kappa shape index (κ2) is 8.64. The number of hydrogen-bond donors (Lipinski definition) is 4. The molecule has 2 aliphatic carbocycles. The van der Waals surface area contributed by atoms with Crippen LogP contribution in [0.2, 0.25) is 0 Å². The Labute approximate surface area is 171 Å². The fraction of sp³-hybridized carbons (Fsp3) is 0.652. The summed E-state index contributed by atoms with van der Waals surface area (Å²) in [6.07, 6.45) is 9.93. The standard InChI is InChI=1S/C23H32O6/c24-18-14-16(6-2-1-4-8-22(10-11-22)20(26)27)19(25)17(15-18)7-3-5-9-23(12-13-23)21(28)29/h14-15,24-25H,1-13H2,(H,26,27)(H,28,29). The Hall–Kier alpha value is -2.24. The molecule has 2 fully saturated rings. The number of carboxylic acid groups (broad SMARTS) is 2. The molecule has 1 aromatic carbocycles. The van der Waals surface area contributed by atoms with Gasteiger partial charge in [-0.05, 0) is 87.5 Å². The van der Waals surface area contributed by atoms with Crippen LogP contribution in [0.25, 0.3) is 0 Å². The number of aryl methyl sites for hydroxylation is 2. The molecule has 6 heteroatoms. The summed E-state index contributed by atoms with van der Waals surface area (Å²) >= 11 is 0. The first-order valence-electron chi connectivity index (χ1n) is 10.8. The van der Waals surface area contributed by atoms with E-state index in [4.69, 9.17) is 0 Å². The number of hydrogen-bond acceptors (Lipinski definition) is 4. The van der Waals surface area contributed by atoms with Crippen LogP contribution in [0.3, 0.4) is 0 Å². The average Bonchev–Trinajstić information content (AvgIpc) is 3.57.